The standard InChI is InChI=1S/C17H17N3O/c1-13-7-9-14(10-8-13)11-16-19-17(21-20-16)12-18-15-5-3-2-4-6-15/h2-10,18H,11-12H2,1H3. The highest BCUT2D eigenvalue weighted by molar-refractivity contribution is 5.42. The van der Waals surface area contributed by atoms with Crippen LogP contribution in [-0.2, 0) is 13.0 Å². The van der Waals surface area contributed by atoms with E-state index in [4.69, 9.17) is 4.52 Å². The van der Waals surface area contributed by atoms with Crippen molar-refractivity contribution < 1.29 is 4.52 Å². The van der Waals surface area contributed by atoms with Crippen molar-refractivity contribution in [3.8, 4) is 0 Å². The first-order chi connectivity index (χ1) is 10.3. The monoisotopic (exact) mass is 279 g/mol. The topological polar surface area (TPSA) is 51.0 Å². The molecule has 2 aromatic carbocycles. The minimum absolute atomic E-state index is 0.533. The van der Waals surface area contributed by atoms with Gasteiger partial charge in [0, 0.05) is 12.1 Å². The van der Waals surface area contributed by atoms with Gasteiger partial charge >= 0.3 is 0 Å². The van der Waals surface area contributed by atoms with Gasteiger partial charge in [-0.15, -0.1) is 0 Å². The quantitative estimate of drug-likeness (QED) is 0.775. The molecule has 4 heteroatoms. The Morgan fingerprint density at radius 2 is 1.76 bits per heavy atom. The second-order valence-electron chi connectivity index (χ2n) is 4.99. The van der Waals surface area contributed by atoms with E-state index in [2.05, 4.69) is 46.6 Å². The smallest absolute Gasteiger partial charge is 0.245 e. The van der Waals surface area contributed by atoms with E-state index in [-0.39, 0.29) is 0 Å². The van der Waals surface area contributed by atoms with Crippen molar-refractivity contribution in [3.63, 3.8) is 0 Å². The molecule has 0 saturated carbocycles. The van der Waals surface area contributed by atoms with E-state index in [1.807, 2.05) is 30.3 Å². The van der Waals surface area contributed by atoms with Gasteiger partial charge in [0.05, 0.1) is 6.54 Å². The van der Waals surface area contributed by atoms with Gasteiger partial charge in [0.25, 0.3) is 0 Å². The van der Waals surface area contributed by atoms with E-state index in [0.29, 0.717) is 24.7 Å². The fourth-order valence-corrected chi connectivity index (χ4v) is 2.06. The van der Waals surface area contributed by atoms with Gasteiger partial charge in [-0.05, 0) is 24.6 Å². The van der Waals surface area contributed by atoms with Crippen molar-refractivity contribution in [2.75, 3.05) is 5.32 Å². The minimum Gasteiger partial charge on any atom is -0.376 e. The van der Waals surface area contributed by atoms with Gasteiger partial charge in [-0.2, -0.15) is 4.98 Å². The fourth-order valence-electron chi connectivity index (χ4n) is 2.06. The number of para-hydroxylation sites is 1. The molecule has 0 aliphatic rings. The summed E-state index contributed by atoms with van der Waals surface area (Å²) < 4.78 is 5.26. The molecule has 0 spiro atoms. The molecule has 0 saturated heterocycles. The van der Waals surface area contributed by atoms with E-state index < -0.39 is 0 Å². The average molecular weight is 279 g/mol. The van der Waals surface area contributed by atoms with Crippen LogP contribution in [0.2, 0.25) is 0 Å². The molecule has 3 rings (SSSR count). The Bertz CT molecular complexity index is 690. The second kappa shape index (κ2) is 6.22. The number of benzene rings is 2. The molecule has 0 unspecified atom stereocenters. The third-order valence-corrected chi connectivity index (χ3v) is 3.21. The zero-order chi connectivity index (χ0) is 14.5. The van der Waals surface area contributed by atoms with Crippen molar-refractivity contribution in [3.05, 3.63) is 77.4 Å². The van der Waals surface area contributed by atoms with Crippen LogP contribution < -0.4 is 5.32 Å². The van der Waals surface area contributed by atoms with E-state index in [1.54, 1.807) is 0 Å². The number of hydrogen-bond acceptors (Lipinski definition) is 4. The van der Waals surface area contributed by atoms with E-state index >= 15 is 0 Å². The lowest BCUT2D eigenvalue weighted by atomic mass is 10.1. The maximum atomic E-state index is 5.26. The van der Waals surface area contributed by atoms with Gasteiger partial charge in [-0.25, -0.2) is 0 Å². The maximum Gasteiger partial charge on any atom is 0.245 e. The highest BCUT2D eigenvalue weighted by Gasteiger charge is 2.06. The molecule has 0 radical (unpaired) electrons. The second-order valence-corrected chi connectivity index (χ2v) is 4.99. The van der Waals surface area contributed by atoms with Crippen molar-refractivity contribution in [1.29, 1.82) is 0 Å². The first kappa shape index (κ1) is 13.4. The third-order valence-electron chi connectivity index (χ3n) is 3.21. The molecule has 21 heavy (non-hydrogen) atoms. The molecular formula is C17H17N3O. The zero-order valence-corrected chi connectivity index (χ0v) is 11.9. The lowest BCUT2D eigenvalue weighted by Gasteiger charge is -2.01. The van der Waals surface area contributed by atoms with E-state index in [0.717, 1.165) is 5.69 Å². The van der Waals surface area contributed by atoms with E-state index in [1.165, 1.54) is 11.1 Å². The molecule has 0 aliphatic carbocycles. The summed E-state index contributed by atoms with van der Waals surface area (Å²) in [5.74, 6) is 1.31. The lowest BCUT2D eigenvalue weighted by molar-refractivity contribution is 0.378. The third kappa shape index (κ3) is 3.69. The molecule has 1 N–H and O–H groups in total. The normalized spacial score (nSPS) is 10.5. The van der Waals surface area contributed by atoms with Gasteiger partial charge in [-0.1, -0.05) is 53.2 Å². The molecule has 1 heterocycles. The van der Waals surface area contributed by atoms with Gasteiger partial charge in [0.2, 0.25) is 5.89 Å². The van der Waals surface area contributed by atoms with Gasteiger partial charge < -0.3 is 9.84 Å². The van der Waals surface area contributed by atoms with Crippen LogP contribution in [0.3, 0.4) is 0 Å². The molecule has 1 aromatic heterocycles. The van der Waals surface area contributed by atoms with Gasteiger partial charge in [0.15, 0.2) is 5.82 Å². The average Bonchev–Trinajstić information content (AvgIpc) is 2.96. The summed E-state index contributed by atoms with van der Waals surface area (Å²) in [4.78, 5) is 4.40. The highest BCUT2D eigenvalue weighted by Crippen LogP contribution is 2.10. The number of aromatic nitrogens is 2. The van der Waals surface area contributed by atoms with Gasteiger partial charge in [0.1, 0.15) is 0 Å². The summed E-state index contributed by atoms with van der Waals surface area (Å²) >= 11 is 0. The SMILES string of the molecule is Cc1ccc(Cc2noc(CNc3ccccc3)n2)cc1. The number of anilines is 1. The van der Waals surface area contributed by atoms with Crippen LogP contribution in [0, 0.1) is 6.92 Å². The van der Waals surface area contributed by atoms with Crippen LogP contribution in [0.15, 0.2) is 59.1 Å². The minimum atomic E-state index is 0.533. The van der Waals surface area contributed by atoms with Crippen molar-refractivity contribution >= 4 is 5.69 Å². The number of nitrogens with zero attached hydrogens (tertiary/aromatic N) is 2. The first-order valence-electron chi connectivity index (χ1n) is 6.95. The molecule has 0 amide bonds. The summed E-state index contributed by atoms with van der Waals surface area (Å²) in [5, 5.41) is 7.27. The molecule has 0 bridgehead atoms. The van der Waals surface area contributed by atoms with E-state index in [9.17, 15) is 0 Å². The van der Waals surface area contributed by atoms with Crippen LogP contribution in [-0.4, -0.2) is 10.1 Å². The molecular weight excluding hydrogens is 262 g/mol. The number of rotatable bonds is 5. The number of nitrogens with one attached hydrogen (secondary N) is 1. The lowest BCUT2D eigenvalue weighted by Crippen LogP contribution is -1.99. The number of aryl methyl sites for hydroxylation is 1. The largest absolute Gasteiger partial charge is 0.376 e. The molecule has 0 fully saturated rings. The van der Waals surface area contributed by atoms with Crippen molar-refractivity contribution in [1.82, 2.24) is 10.1 Å². The van der Waals surface area contributed by atoms with Crippen LogP contribution >= 0.6 is 0 Å². The molecule has 3 aromatic rings. The Labute approximate surface area is 123 Å². The van der Waals surface area contributed by atoms with Gasteiger partial charge in [-0.3, -0.25) is 0 Å². The Kier molecular flexibility index (Phi) is 3.96. The highest BCUT2D eigenvalue weighted by atomic mass is 16.5. The maximum absolute atomic E-state index is 5.26. The predicted molar refractivity (Wildman–Crippen MR) is 82.1 cm³/mol. The first-order valence-corrected chi connectivity index (χ1v) is 6.95. The Hall–Kier alpha value is -2.62. The van der Waals surface area contributed by atoms with Crippen LogP contribution in [0.5, 0.6) is 0 Å². The summed E-state index contributed by atoms with van der Waals surface area (Å²) in [6.45, 7) is 2.61. The summed E-state index contributed by atoms with van der Waals surface area (Å²) in [7, 11) is 0. The summed E-state index contributed by atoms with van der Waals surface area (Å²) in [6.07, 6.45) is 0.690. The van der Waals surface area contributed by atoms with Crippen LogP contribution in [0.25, 0.3) is 0 Å². The molecule has 0 aliphatic heterocycles. The van der Waals surface area contributed by atoms with Crippen molar-refractivity contribution in [2.24, 2.45) is 0 Å². The van der Waals surface area contributed by atoms with Crippen LogP contribution in [0.4, 0.5) is 5.69 Å². The molecule has 4 nitrogen and oxygen atoms in total. The zero-order valence-electron chi connectivity index (χ0n) is 11.9. The Morgan fingerprint density at radius 1 is 1.00 bits per heavy atom. The van der Waals surface area contributed by atoms with Crippen molar-refractivity contribution in [2.45, 2.75) is 19.9 Å². The fraction of sp³-hybridized carbons (Fsp3) is 0.176. The number of hydrogen-bond donors (Lipinski definition) is 1. The predicted octanol–water partition coefficient (Wildman–Crippen LogP) is 3.58. The Morgan fingerprint density at radius 3 is 2.52 bits per heavy atom. The molecule has 0 atom stereocenters. The van der Waals surface area contributed by atoms with Crippen LogP contribution in [0.1, 0.15) is 22.8 Å². The summed E-state index contributed by atoms with van der Waals surface area (Å²) in [6, 6.07) is 18.3. The molecule has 106 valence electrons. The Balaban J connectivity index is 1.59. The summed E-state index contributed by atoms with van der Waals surface area (Å²) in [5.41, 5.74) is 3.47.